The van der Waals surface area contributed by atoms with Gasteiger partial charge in [0.15, 0.2) is 0 Å². The maximum absolute atomic E-state index is 10.2. The van der Waals surface area contributed by atoms with Gasteiger partial charge in [-0.05, 0) is 0 Å². The molecular formula is C5H8N4O2. The van der Waals surface area contributed by atoms with E-state index in [0.29, 0.717) is 11.8 Å². The van der Waals surface area contributed by atoms with Crippen LogP contribution in [-0.2, 0) is 6.54 Å². The lowest BCUT2D eigenvalue weighted by Crippen LogP contribution is -2.28. The molecule has 3 N–H and O–H groups in total. The molecule has 6 heteroatoms. The first-order chi connectivity index (χ1) is 5.18. The summed E-state index contributed by atoms with van der Waals surface area (Å²) in [5.74, 6) is 0.813. The average Bonchev–Trinajstić information content (AvgIpc) is 2.31. The van der Waals surface area contributed by atoms with Crippen LogP contribution in [0.3, 0.4) is 0 Å². The molecule has 0 bridgehead atoms. The third-order valence-corrected chi connectivity index (χ3v) is 0.982. The number of nitrogens with one attached hydrogen (secondary N) is 1. The van der Waals surface area contributed by atoms with Crippen molar-refractivity contribution in [2.75, 3.05) is 0 Å². The quantitative estimate of drug-likeness (QED) is 0.606. The molecule has 0 aliphatic carbocycles. The zero-order valence-corrected chi connectivity index (χ0v) is 6.00. The second kappa shape index (κ2) is 3.00. The number of primary amides is 1. The van der Waals surface area contributed by atoms with Crippen LogP contribution in [0.4, 0.5) is 4.79 Å². The lowest BCUT2D eigenvalue weighted by Gasteiger charge is -1.93. The molecule has 1 heterocycles. The molecule has 0 radical (unpaired) electrons. The van der Waals surface area contributed by atoms with Crippen LogP contribution in [0, 0.1) is 6.92 Å². The van der Waals surface area contributed by atoms with Gasteiger partial charge in [-0.3, -0.25) is 0 Å². The van der Waals surface area contributed by atoms with Crippen molar-refractivity contribution in [2.45, 2.75) is 13.5 Å². The summed E-state index contributed by atoms with van der Waals surface area (Å²) < 4.78 is 4.94. The van der Waals surface area contributed by atoms with E-state index < -0.39 is 6.03 Å². The van der Waals surface area contributed by atoms with Crippen molar-refractivity contribution in [2.24, 2.45) is 5.73 Å². The summed E-state index contributed by atoms with van der Waals surface area (Å²) >= 11 is 0. The van der Waals surface area contributed by atoms with E-state index >= 15 is 0 Å². The van der Waals surface area contributed by atoms with Gasteiger partial charge in [0.05, 0.1) is 6.54 Å². The predicted octanol–water partition coefficient (Wildman–Crippen LogP) is -0.454. The highest BCUT2D eigenvalue weighted by Crippen LogP contribution is 1.95. The zero-order chi connectivity index (χ0) is 8.27. The fourth-order valence-corrected chi connectivity index (χ4v) is 0.572. The van der Waals surface area contributed by atoms with Gasteiger partial charge in [-0.25, -0.2) is 4.79 Å². The van der Waals surface area contributed by atoms with Gasteiger partial charge >= 0.3 is 6.03 Å². The topological polar surface area (TPSA) is 94.0 Å². The smallest absolute Gasteiger partial charge is 0.312 e. The maximum Gasteiger partial charge on any atom is 0.312 e. The van der Waals surface area contributed by atoms with E-state index in [4.69, 9.17) is 10.2 Å². The number of nitrogens with two attached hydrogens (primary N) is 1. The number of hydrogen-bond donors (Lipinski definition) is 2. The number of carbonyl (C=O) groups excluding carboxylic acids is 1. The van der Waals surface area contributed by atoms with Gasteiger partial charge < -0.3 is 15.5 Å². The van der Waals surface area contributed by atoms with Crippen molar-refractivity contribution in [3.63, 3.8) is 0 Å². The zero-order valence-electron chi connectivity index (χ0n) is 6.00. The molecule has 11 heavy (non-hydrogen) atoms. The third kappa shape index (κ3) is 2.24. The molecule has 0 spiro atoms. The Bertz CT molecular complexity index is 257. The minimum absolute atomic E-state index is 0.177. The van der Waals surface area contributed by atoms with E-state index in [0.717, 1.165) is 0 Å². The summed E-state index contributed by atoms with van der Waals surface area (Å²) in [5.41, 5.74) is 4.81. The van der Waals surface area contributed by atoms with E-state index in [9.17, 15) is 4.79 Å². The monoisotopic (exact) mass is 156 g/mol. The van der Waals surface area contributed by atoms with Crippen molar-refractivity contribution in [1.82, 2.24) is 15.5 Å². The molecule has 6 nitrogen and oxygen atoms in total. The van der Waals surface area contributed by atoms with Crippen LogP contribution >= 0.6 is 0 Å². The van der Waals surface area contributed by atoms with Gasteiger partial charge in [0.1, 0.15) is 0 Å². The van der Waals surface area contributed by atoms with Crippen LogP contribution in [0.2, 0.25) is 0 Å². The van der Waals surface area contributed by atoms with Crippen LogP contribution in [0.25, 0.3) is 0 Å². The Morgan fingerprint density at radius 1 is 1.73 bits per heavy atom. The van der Waals surface area contributed by atoms with Crippen LogP contribution in [0.15, 0.2) is 4.42 Å². The molecule has 0 aliphatic rings. The number of carbonyl (C=O) groups is 1. The van der Waals surface area contributed by atoms with Crippen molar-refractivity contribution < 1.29 is 9.21 Å². The number of aromatic nitrogens is 2. The van der Waals surface area contributed by atoms with Gasteiger partial charge in [0.25, 0.3) is 0 Å². The third-order valence-electron chi connectivity index (χ3n) is 0.982. The lowest BCUT2D eigenvalue weighted by molar-refractivity contribution is 0.247. The Kier molecular flexibility index (Phi) is 2.05. The Morgan fingerprint density at radius 3 is 2.91 bits per heavy atom. The van der Waals surface area contributed by atoms with Gasteiger partial charge in [-0.15, -0.1) is 10.2 Å². The average molecular weight is 156 g/mol. The number of urea groups is 1. The highest BCUT2D eigenvalue weighted by molar-refractivity contribution is 5.71. The Hall–Kier alpha value is -1.59. The number of nitrogens with zero attached hydrogens (tertiary/aromatic N) is 2. The van der Waals surface area contributed by atoms with Gasteiger partial charge in [0, 0.05) is 6.92 Å². The summed E-state index contributed by atoms with van der Waals surface area (Å²) in [6.45, 7) is 1.84. The van der Waals surface area contributed by atoms with Gasteiger partial charge in [0.2, 0.25) is 11.8 Å². The Morgan fingerprint density at radius 2 is 2.45 bits per heavy atom. The first-order valence-corrected chi connectivity index (χ1v) is 3.01. The molecule has 0 saturated carbocycles. The van der Waals surface area contributed by atoms with E-state index in [1.54, 1.807) is 6.92 Å². The first kappa shape index (κ1) is 7.52. The Labute approximate surface area is 62.8 Å². The standard InChI is InChI=1S/C5H8N4O2/c1-3-8-9-4(11-3)2-7-5(6)10/h2H2,1H3,(H3,6,7,10). The van der Waals surface area contributed by atoms with Gasteiger partial charge in [-0.1, -0.05) is 0 Å². The number of hydrogen-bond acceptors (Lipinski definition) is 4. The summed E-state index contributed by atoms with van der Waals surface area (Å²) in [5, 5.41) is 9.50. The number of rotatable bonds is 2. The minimum atomic E-state index is -0.610. The molecule has 0 aliphatic heterocycles. The van der Waals surface area contributed by atoms with E-state index in [2.05, 4.69) is 15.5 Å². The molecule has 1 aromatic rings. The highest BCUT2D eigenvalue weighted by Gasteiger charge is 2.01. The molecule has 0 saturated heterocycles. The summed E-state index contributed by atoms with van der Waals surface area (Å²) in [6, 6.07) is -0.610. The molecule has 0 unspecified atom stereocenters. The maximum atomic E-state index is 10.2. The van der Waals surface area contributed by atoms with Crippen LogP contribution in [0.1, 0.15) is 11.8 Å². The molecule has 2 amide bonds. The summed E-state index contributed by atoms with van der Waals surface area (Å²) in [6.07, 6.45) is 0. The first-order valence-electron chi connectivity index (χ1n) is 3.01. The molecule has 1 aromatic heterocycles. The second-order valence-corrected chi connectivity index (χ2v) is 1.93. The van der Waals surface area contributed by atoms with E-state index in [1.165, 1.54) is 0 Å². The fourth-order valence-electron chi connectivity index (χ4n) is 0.572. The van der Waals surface area contributed by atoms with Crippen molar-refractivity contribution >= 4 is 6.03 Å². The molecule has 0 fully saturated rings. The fraction of sp³-hybridized carbons (Fsp3) is 0.400. The molecule has 60 valence electrons. The highest BCUT2D eigenvalue weighted by atomic mass is 16.4. The minimum Gasteiger partial charge on any atom is -0.424 e. The van der Waals surface area contributed by atoms with Crippen molar-refractivity contribution in [1.29, 1.82) is 0 Å². The molecular weight excluding hydrogens is 148 g/mol. The lowest BCUT2D eigenvalue weighted by atomic mass is 10.6. The molecule has 1 rings (SSSR count). The van der Waals surface area contributed by atoms with Crippen LogP contribution in [0.5, 0.6) is 0 Å². The van der Waals surface area contributed by atoms with Crippen LogP contribution < -0.4 is 11.1 Å². The summed E-state index contributed by atoms with van der Waals surface area (Å²) in [7, 11) is 0. The van der Waals surface area contributed by atoms with E-state index in [1.807, 2.05) is 0 Å². The van der Waals surface area contributed by atoms with Gasteiger partial charge in [-0.2, -0.15) is 0 Å². The largest absolute Gasteiger partial charge is 0.424 e. The SMILES string of the molecule is Cc1nnc(CNC(N)=O)o1. The normalized spacial score (nSPS) is 9.55. The predicted molar refractivity (Wildman–Crippen MR) is 35.5 cm³/mol. The van der Waals surface area contributed by atoms with Crippen molar-refractivity contribution in [3.8, 4) is 0 Å². The summed E-state index contributed by atoms with van der Waals surface area (Å²) in [4.78, 5) is 10.2. The van der Waals surface area contributed by atoms with Crippen LogP contribution in [-0.4, -0.2) is 16.2 Å². The van der Waals surface area contributed by atoms with Crippen molar-refractivity contribution in [3.05, 3.63) is 11.8 Å². The second-order valence-electron chi connectivity index (χ2n) is 1.93. The number of aryl methyl sites for hydroxylation is 1. The molecule has 0 aromatic carbocycles. The van der Waals surface area contributed by atoms with E-state index in [-0.39, 0.29) is 6.54 Å². The number of amides is 2. The Balaban J connectivity index is 2.45. The molecule has 0 atom stereocenters.